The highest BCUT2D eigenvalue weighted by Gasteiger charge is 2.37. The Morgan fingerprint density at radius 3 is 2.46 bits per heavy atom. The Morgan fingerprint density at radius 2 is 1.76 bits per heavy atom. The van der Waals surface area contributed by atoms with Crippen LogP contribution >= 0.6 is 11.3 Å². The molecule has 1 aliphatic rings. The van der Waals surface area contributed by atoms with Crippen molar-refractivity contribution in [1.29, 1.82) is 0 Å². The Labute approximate surface area is 241 Å². The van der Waals surface area contributed by atoms with Crippen LogP contribution in [-0.4, -0.2) is 38.5 Å². The molecule has 0 spiro atoms. The van der Waals surface area contributed by atoms with Crippen LogP contribution in [0.3, 0.4) is 0 Å². The van der Waals surface area contributed by atoms with E-state index in [-0.39, 0.29) is 12.2 Å². The van der Waals surface area contributed by atoms with Gasteiger partial charge in [0.1, 0.15) is 23.3 Å². The van der Waals surface area contributed by atoms with Gasteiger partial charge in [-0.2, -0.15) is 0 Å². The number of aromatic nitrogens is 1. The first-order valence-corrected chi connectivity index (χ1v) is 14.3. The lowest BCUT2D eigenvalue weighted by atomic mass is 9.90. The number of rotatable bonds is 9. The minimum atomic E-state index is -0.803. The fourth-order valence-electron chi connectivity index (χ4n) is 5.22. The zero-order valence-corrected chi connectivity index (χ0v) is 24.5. The highest BCUT2D eigenvalue weighted by atomic mass is 32.1. The van der Waals surface area contributed by atoms with E-state index >= 15 is 0 Å². The molecule has 0 aliphatic carbocycles. The molecule has 0 saturated heterocycles. The van der Waals surface area contributed by atoms with Crippen LogP contribution in [0.1, 0.15) is 43.9 Å². The number of carbonyl (C=O) groups is 1. The number of hydrogen-bond donors (Lipinski definition) is 0. The van der Waals surface area contributed by atoms with Crippen molar-refractivity contribution in [2.75, 3.05) is 27.9 Å². The first-order valence-electron chi connectivity index (χ1n) is 13.4. The molecule has 2 heterocycles. The molecule has 9 heteroatoms. The van der Waals surface area contributed by atoms with Gasteiger partial charge in [0.2, 0.25) is 0 Å². The van der Waals surface area contributed by atoms with E-state index in [4.69, 9.17) is 23.9 Å². The van der Waals surface area contributed by atoms with Crippen molar-refractivity contribution >= 4 is 34.2 Å². The number of ether oxygens (including phenoxy) is 4. The zero-order chi connectivity index (χ0) is 29.1. The number of methoxy groups -OCH3 is 3. The second-order valence-corrected chi connectivity index (χ2v) is 10.4. The smallest absolute Gasteiger partial charge is 0.338 e. The number of hydrogen-bond acceptors (Lipinski definition) is 8. The van der Waals surface area contributed by atoms with Crippen molar-refractivity contribution in [3.8, 4) is 17.2 Å². The van der Waals surface area contributed by atoms with E-state index in [1.165, 1.54) is 11.3 Å². The summed E-state index contributed by atoms with van der Waals surface area (Å²) < 4.78 is 24.4. The third-order valence-corrected chi connectivity index (χ3v) is 8.02. The number of thiazole rings is 1. The van der Waals surface area contributed by atoms with Crippen LogP contribution in [0.4, 0.5) is 0 Å². The van der Waals surface area contributed by atoms with E-state index in [1.54, 1.807) is 51.0 Å². The Morgan fingerprint density at radius 1 is 1.00 bits per heavy atom. The normalized spacial score (nSPS) is 15.0. The number of carbonyl (C=O) groups excluding carboxylic acids is 1. The van der Waals surface area contributed by atoms with E-state index < -0.39 is 12.0 Å². The lowest BCUT2D eigenvalue weighted by molar-refractivity contribution is -0.139. The van der Waals surface area contributed by atoms with Gasteiger partial charge in [-0.25, -0.2) is 9.79 Å². The van der Waals surface area contributed by atoms with Gasteiger partial charge in [0, 0.05) is 11.1 Å². The average Bonchev–Trinajstić information content (AvgIpc) is 3.30. The molecule has 1 unspecified atom stereocenters. The fraction of sp³-hybridized carbons (Fsp3) is 0.281. The molecular weight excluding hydrogens is 540 g/mol. The molecule has 8 nitrogen and oxygen atoms in total. The van der Waals surface area contributed by atoms with Gasteiger partial charge in [0.15, 0.2) is 4.80 Å². The topological polar surface area (TPSA) is 88.4 Å². The van der Waals surface area contributed by atoms with Crippen LogP contribution in [0.15, 0.2) is 75.7 Å². The minimum Gasteiger partial charge on any atom is -0.497 e. The standard InChI is InChI=1S/C32H32N2O6S/c1-6-10-23-28(31(36)40-7-2)29(27-22-12-9-8-11-19(22)13-15-25(27)39-5)34-30(35)26(41-32(34)33-23)18-20-17-21(37-3)14-16-24(20)38-4/h8-9,11-18,29H,6-7,10H2,1-5H3/b26-18+. The first-order chi connectivity index (χ1) is 19.9. The van der Waals surface area contributed by atoms with Crippen molar-refractivity contribution < 1.29 is 23.7 Å². The van der Waals surface area contributed by atoms with E-state index in [2.05, 4.69) is 0 Å². The number of fused-ring (bicyclic) bond motifs is 2. The van der Waals surface area contributed by atoms with Crippen LogP contribution in [0.5, 0.6) is 17.2 Å². The second-order valence-electron chi connectivity index (χ2n) is 9.42. The Kier molecular flexibility index (Phi) is 8.26. The van der Waals surface area contributed by atoms with Gasteiger partial charge in [0.05, 0.1) is 43.7 Å². The summed E-state index contributed by atoms with van der Waals surface area (Å²) in [5.74, 6) is 1.31. The molecule has 5 rings (SSSR count). The average molecular weight is 573 g/mol. The Bertz CT molecular complexity index is 1840. The van der Waals surface area contributed by atoms with Crippen molar-refractivity contribution in [3.05, 3.63) is 96.7 Å². The van der Waals surface area contributed by atoms with Gasteiger partial charge in [-0.15, -0.1) is 0 Å². The molecular formula is C32H32N2O6S. The second kappa shape index (κ2) is 12.0. The maximum Gasteiger partial charge on any atom is 0.338 e. The molecule has 0 N–H and O–H groups in total. The van der Waals surface area contributed by atoms with Crippen LogP contribution in [0.25, 0.3) is 16.8 Å². The summed E-state index contributed by atoms with van der Waals surface area (Å²) in [7, 11) is 4.76. The monoisotopic (exact) mass is 572 g/mol. The van der Waals surface area contributed by atoms with Crippen molar-refractivity contribution in [3.63, 3.8) is 0 Å². The van der Waals surface area contributed by atoms with Crippen molar-refractivity contribution in [1.82, 2.24) is 4.57 Å². The van der Waals surface area contributed by atoms with Gasteiger partial charge in [0.25, 0.3) is 5.56 Å². The summed E-state index contributed by atoms with van der Waals surface area (Å²) in [5.41, 5.74) is 2.08. The lowest BCUT2D eigenvalue weighted by Gasteiger charge is -2.28. The van der Waals surface area contributed by atoms with Gasteiger partial charge in [-0.3, -0.25) is 9.36 Å². The van der Waals surface area contributed by atoms with Gasteiger partial charge < -0.3 is 18.9 Å². The summed E-state index contributed by atoms with van der Waals surface area (Å²) in [5, 5.41) is 1.84. The summed E-state index contributed by atoms with van der Waals surface area (Å²) in [4.78, 5) is 33.3. The predicted molar refractivity (Wildman–Crippen MR) is 160 cm³/mol. The van der Waals surface area contributed by atoms with Gasteiger partial charge in [-0.1, -0.05) is 55.0 Å². The van der Waals surface area contributed by atoms with Crippen LogP contribution in [0.2, 0.25) is 0 Å². The Hall–Kier alpha value is -4.37. The molecule has 0 amide bonds. The quantitative estimate of drug-likeness (QED) is 0.269. The molecule has 1 atom stereocenters. The summed E-state index contributed by atoms with van der Waals surface area (Å²) in [6, 6.07) is 16.3. The highest BCUT2D eigenvalue weighted by Crippen LogP contribution is 2.41. The largest absolute Gasteiger partial charge is 0.497 e. The van der Waals surface area contributed by atoms with Crippen LogP contribution in [-0.2, 0) is 9.53 Å². The summed E-state index contributed by atoms with van der Waals surface area (Å²) in [6.45, 7) is 3.99. The maximum atomic E-state index is 14.3. The fourth-order valence-corrected chi connectivity index (χ4v) is 6.23. The molecule has 0 radical (unpaired) electrons. The SMILES string of the molecule is CCCC1=C(C(=O)OCC)C(c2c(OC)ccc3ccccc23)n2c(s/c(=C/c3cc(OC)ccc3OC)c2=O)=N1. The molecule has 3 aromatic carbocycles. The third-order valence-electron chi connectivity index (χ3n) is 7.04. The molecule has 1 aromatic heterocycles. The molecule has 0 bridgehead atoms. The van der Waals surface area contributed by atoms with E-state index in [1.807, 2.05) is 49.4 Å². The Balaban J connectivity index is 1.88. The van der Waals surface area contributed by atoms with Gasteiger partial charge >= 0.3 is 5.97 Å². The van der Waals surface area contributed by atoms with Crippen LogP contribution in [0, 0.1) is 0 Å². The van der Waals surface area contributed by atoms with E-state index in [9.17, 15) is 9.59 Å². The zero-order valence-electron chi connectivity index (χ0n) is 23.7. The molecule has 4 aromatic rings. The molecule has 0 fully saturated rings. The third kappa shape index (κ3) is 5.13. The van der Waals surface area contributed by atoms with Crippen molar-refractivity contribution in [2.45, 2.75) is 32.7 Å². The maximum absolute atomic E-state index is 14.3. The van der Waals surface area contributed by atoms with E-state index in [0.29, 0.717) is 55.4 Å². The van der Waals surface area contributed by atoms with Gasteiger partial charge in [-0.05, 0) is 54.5 Å². The summed E-state index contributed by atoms with van der Waals surface area (Å²) >= 11 is 1.27. The summed E-state index contributed by atoms with van der Waals surface area (Å²) in [6.07, 6.45) is 3.08. The highest BCUT2D eigenvalue weighted by molar-refractivity contribution is 7.07. The lowest BCUT2D eigenvalue weighted by Crippen LogP contribution is -2.40. The number of nitrogens with zero attached hydrogens (tertiary/aromatic N) is 2. The number of benzene rings is 3. The van der Waals surface area contributed by atoms with E-state index in [0.717, 1.165) is 17.2 Å². The van der Waals surface area contributed by atoms with Crippen LogP contribution < -0.4 is 29.1 Å². The minimum absolute atomic E-state index is 0.196. The van der Waals surface area contributed by atoms with Crippen molar-refractivity contribution in [2.24, 2.45) is 4.99 Å². The molecule has 41 heavy (non-hydrogen) atoms. The predicted octanol–water partition coefficient (Wildman–Crippen LogP) is 4.76. The first kappa shape index (κ1) is 28.2. The molecule has 212 valence electrons. The molecule has 0 saturated carbocycles. The number of allylic oxidation sites excluding steroid dienone is 1. The number of esters is 1. The molecule has 1 aliphatic heterocycles.